The Bertz CT molecular complexity index is 287. The molecular weight excluding hydrogens is 238 g/mol. The predicted molar refractivity (Wildman–Crippen MR) is 71.3 cm³/mol. The third-order valence-corrected chi connectivity index (χ3v) is 4.30. The average molecular weight is 265 g/mol. The lowest BCUT2D eigenvalue weighted by Gasteiger charge is -2.20. The van der Waals surface area contributed by atoms with Crippen LogP contribution in [0.15, 0.2) is 0 Å². The summed E-state index contributed by atoms with van der Waals surface area (Å²) in [5.41, 5.74) is -0.233. The van der Waals surface area contributed by atoms with Gasteiger partial charge < -0.3 is 5.11 Å². The number of hydrogen-bond acceptors (Lipinski definition) is 3. The SMILES string of the molecule is CCCC(CCO)CNS(=O)(=O)CC(C)(C)C. The molecule has 0 saturated heterocycles. The largest absolute Gasteiger partial charge is 0.396 e. The van der Waals surface area contributed by atoms with Gasteiger partial charge in [-0.1, -0.05) is 34.1 Å². The van der Waals surface area contributed by atoms with E-state index in [1.54, 1.807) is 0 Å². The predicted octanol–water partition coefficient (Wildman–Crippen LogP) is 1.75. The van der Waals surface area contributed by atoms with Crippen molar-refractivity contribution >= 4 is 10.0 Å². The number of rotatable bonds is 8. The molecule has 0 aromatic heterocycles. The van der Waals surface area contributed by atoms with Gasteiger partial charge in [0, 0.05) is 13.2 Å². The Morgan fingerprint density at radius 1 is 1.24 bits per heavy atom. The summed E-state index contributed by atoms with van der Waals surface area (Å²) in [6, 6.07) is 0. The van der Waals surface area contributed by atoms with Gasteiger partial charge in [-0.15, -0.1) is 0 Å². The van der Waals surface area contributed by atoms with Gasteiger partial charge in [-0.25, -0.2) is 13.1 Å². The second kappa shape index (κ2) is 7.34. The molecule has 4 nitrogen and oxygen atoms in total. The van der Waals surface area contributed by atoms with E-state index in [0.29, 0.717) is 13.0 Å². The van der Waals surface area contributed by atoms with Crippen LogP contribution in [0.3, 0.4) is 0 Å². The fraction of sp³-hybridized carbons (Fsp3) is 1.00. The molecule has 17 heavy (non-hydrogen) atoms. The first kappa shape index (κ1) is 16.9. The monoisotopic (exact) mass is 265 g/mol. The van der Waals surface area contributed by atoms with Crippen molar-refractivity contribution in [1.29, 1.82) is 0 Å². The summed E-state index contributed by atoms with van der Waals surface area (Å²) in [4.78, 5) is 0. The molecule has 1 unspecified atom stereocenters. The van der Waals surface area contributed by atoms with Gasteiger partial charge in [-0.2, -0.15) is 0 Å². The summed E-state index contributed by atoms with van der Waals surface area (Å²) in [5, 5.41) is 8.90. The zero-order valence-corrected chi connectivity index (χ0v) is 12.3. The van der Waals surface area contributed by atoms with Crippen LogP contribution in [-0.2, 0) is 10.0 Å². The topological polar surface area (TPSA) is 66.4 Å². The highest BCUT2D eigenvalue weighted by atomic mass is 32.2. The van der Waals surface area contributed by atoms with E-state index in [1.807, 2.05) is 20.8 Å². The van der Waals surface area contributed by atoms with Crippen molar-refractivity contribution in [3.63, 3.8) is 0 Å². The van der Waals surface area contributed by atoms with E-state index in [1.165, 1.54) is 0 Å². The van der Waals surface area contributed by atoms with Crippen LogP contribution in [0.1, 0.15) is 47.0 Å². The molecule has 0 amide bonds. The number of sulfonamides is 1. The Balaban J connectivity index is 4.23. The molecule has 0 aromatic carbocycles. The van der Waals surface area contributed by atoms with Crippen molar-refractivity contribution in [2.75, 3.05) is 18.9 Å². The normalized spacial score (nSPS) is 14.9. The van der Waals surface area contributed by atoms with E-state index in [2.05, 4.69) is 11.6 Å². The third kappa shape index (κ3) is 9.56. The fourth-order valence-corrected chi connectivity index (χ4v) is 3.54. The van der Waals surface area contributed by atoms with Crippen molar-refractivity contribution < 1.29 is 13.5 Å². The Kier molecular flexibility index (Phi) is 7.28. The van der Waals surface area contributed by atoms with E-state index in [9.17, 15) is 8.42 Å². The molecule has 104 valence electrons. The van der Waals surface area contributed by atoms with Gasteiger partial charge in [0.05, 0.1) is 5.75 Å². The quantitative estimate of drug-likeness (QED) is 0.702. The lowest BCUT2D eigenvalue weighted by atomic mass is 10.0. The maximum Gasteiger partial charge on any atom is 0.212 e. The van der Waals surface area contributed by atoms with E-state index >= 15 is 0 Å². The van der Waals surface area contributed by atoms with Crippen molar-refractivity contribution in [2.45, 2.75) is 47.0 Å². The standard InChI is InChI=1S/C12H27NO3S/c1-5-6-11(7-8-14)9-13-17(15,16)10-12(2,3)4/h11,13-14H,5-10H2,1-4H3. The fourth-order valence-electron chi connectivity index (χ4n) is 1.81. The van der Waals surface area contributed by atoms with E-state index in [0.717, 1.165) is 12.8 Å². The third-order valence-electron chi connectivity index (χ3n) is 2.45. The van der Waals surface area contributed by atoms with Gasteiger partial charge in [0.15, 0.2) is 0 Å². The Morgan fingerprint density at radius 2 is 1.82 bits per heavy atom. The van der Waals surface area contributed by atoms with E-state index in [4.69, 9.17) is 5.11 Å². The van der Waals surface area contributed by atoms with Gasteiger partial charge in [0.1, 0.15) is 0 Å². The van der Waals surface area contributed by atoms with Gasteiger partial charge in [0.25, 0.3) is 0 Å². The molecule has 5 heteroatoms. The van der Waals surface area contributed by atoms with Crippen LogP contribution in [0, 0.1) is 11.3 Å². The Morgan fingerprint density at radius 3 is 2.24 bits per heavy atom. The number of nitrogens with one attached hydrogen (secondary N) is 1. The Hall–Kier alpha value is -0.130. The van der Waals surface area contributed by atoms with Crippen LogP contribution in [0.25, 0.3) is 0 Å². The maximum absolute atomic E-state index is 11.8. The van der Waals surface area contributed by atoms with Crippen LogP contribution >= 0.6 is 0 Å². The molecule has 0 bridgehead atoms. The molecule has 0 aliphatic rings. The number of aliphatic hydroxyl groups is 1. The minimum absolute atomic E-state index is 0.117. The minimum Gasteiger partial charge on any atom is -0.396 e. The first-order chi connectivity index (χ1) is 7.70. The molecule has 0 rings (SSSR count). The zero-order chi connectivity index (χ0) is 13.5. The smallest absolute Gasteiger partial charge is 0.212 e. The summed E-state index contributed by atoms with van der Waals surface area (Å²) < 4.78 is 26.2. The van der Waals surface area contributed by atoms with Crippen molar-refractivity contribution in [2.24, 2.45) is 11.3 Å². The maximum atomic E-state index is 11.8. The summed E-state index contributed by atoms with van der Waals surface area (Å²) in [6.07, 6.45) is 2.61. The minimum atomic E-state index is -3.20. The first-order valence-electron chi connectivity index (χ1n) is 6.28. The Labute approximate surface area is 106 Å². The molecule has 0 heterocycles. The summed E-state index contributed by atoms with van der Waals surface area (Å²) in [7, 11) is -3.20. The van der Waals surface area contributed by atoms with Crippen molar-refractivity contribution in [3.05, 3.63) is 0 Å². The lowest BCUT2D eigenvalue weighted by molar-refractivity contribution is 0.251. The molecular formula is C12H27NO3S. The summed E-state index contributed by atoms with van der Waals surface area (Å²) in [6.45, 7) is 8.34. The second-order valence-corrected chi connectivity index (χ2v) is 7.64. The highest BCUT2D eigenvalue weighted by Gasteiger charge is 2.22. The molecule has 0 fully saturated rings. The molecule has 0 spiro atoms. The molecule has 1 atom stereocenters. The molecule has 0 saturated carbocycles. The molecule has 0 aromatic rings. The lowest BCUT2D eigenvalue weighted by Crippen LogP contribution is -2.35. The summed E-state index contributed by atoms with van der Waals surface area (Å²) in [5.74, 6) is 0.373. The van der Waals surface area contributed by atoms with Crippen LogP contribution in [0.5, 0.6) is 0 Å². The van der Waals surface area contributed by atoms with E-state index < -0.39 is 10.0 Å². The van der Waals surface area contributed by atoms with Gasteiger partial charge in [-0.3, -0.25) is 0 Å². The van der Waals surface area contributed by atoms with E-state index in [-0.39, 0.29) is 23.7 Å². The highest BCUT2D eigenvalue weighted by molar-refractivity contribution is 7.89. The van der Waals surface area contributed by atoms with Crippen LogP contribution < -0.4 is 4.72 Å². The second-order valence-electron chi connectivity index (χ2n) is 5.84. The van der Waals surface area contributed by atoms with Crippen molar-refractivity contribution in [3.8, 4) is 0 Å². The van der Waals surface area contributed by atoms with Gasteiger partial charge in [0.2, 0.25) is 10.0 Å². The molecule has 0 aliphatic heterocycles. The van der Waals surface area contributed by atoms with Gasteiger partial charge in [-0.05, 0) is 24.2 Å². The highest BCUT2D eigenvalue weighted by Crippen LogP contribution is 2.16. The molecule has 2 N–H and O–H groups in total. The van der Waals surface area contributed by atoms with Crippen LogP contribution in [0.4, 0.5) is 0 Å². The van der Waals surface area contributed by atoms with Crippen LogP contribution in [-0.4, -0.2) is 32.4 Å². The molecule has 0 aliphatic carbocycles. The zero-order valence-electron chi connectivity index (χ0n) is 11.5. The first-order valence-corrected chi connectivity index (χ1v) is 7.93. The number of aliphatic hydroxyl groups excluding tert-OH is 1. The summed E-state index contributed by atoms with van der Waals surface area (Å²) >= 11 is 0. The van der Waals surface area contributed by atoms with Gasteiger partial charge >= 0.3 is 0 Å². The average Bonchev–Trinajstić information content (AvgIpc) is 2.11. The van der Waals surface area contributed by atoms with Crippen LogP contribution in [0.2, 0.25) is 0 Å². The molecule has 0 radical (unpaired) electrons. The number of hydrogen-bond donors (Lipinski definition) is 2. The van der Waals surface area contributed by atoms with Crippen molar-refractivity contribution in [1.82, 2.24) is 4.72 Å².